The summed E-state index contributed by atoms with van der Waals surface area (Å²) < 4.78 is 0. The van der Waals surface area contributed by atoms with E-state index in [0.717, 1.165) is 0 Å². The third-order valence-corrected chi connectivity index (χ3v) is 2.82. The molecule has 0 saturated carbocycles. The first-order chi connectivity index (χ1) is 9.53. The summed E-state index contributed by atoms with van der Waals surface area (Å²) >= 11 is 0. The van der Waals surface area contributed by atoms with E-state index in [1.807, 2.05) is 0 Å². The molecule has 0 unspecified atom stereocenters. The van der Waals surface area contributed by atoms with Gasteiger partial charge in [-0.1, -0.05) is 17.3 Å². The van der Waals surface area contributed by atoms with Gasteiger partial charge in [-0.2, -0.15) is 0 Å². The van der Waals surface area contributed by atoms with Gasteiger partial charge in [0.2, 0.25) is 5.91 Å². The molecule has 0 saturated heterocycles. The predicted molar refractivity (Wildman–Crippen MR) is 74.6 cm³/mol. The van der Waals surface area contributed by atoms with E-state index >= 15 is 0 Å². The van der Waals surface area contributed by atoms with Crippen LogP contribution in [0.5, 0.6) is 0 Å². The summed E-state index contributed by atoms with van der Waals surface area (Å²) in [4.78, 5) is 25.0. The van der Waals surface area contributed by atoms with Crippen molar-refractivity contribution < 1.29 is 14.8 Å². The summed E-state index contributed by atoms with van der Waals surface area (Å²) in [6, 6.07) is 6.30. The molecule has 20 heavy (non-hydrogen) atoms. The maximum atomic E-state index is 12.2. The van der Waals surface area contributed by atoms with Crippen LogP contribution in [-0.4, -0.2) is 47.9 Å². The van der Waals surface area contributed by atoms with Crippen LogP contribution in [0.25, 0.3) is 0 Å². The van der Waals surface area contributed by atoms with Crippen LogP contribution in [0.2, 0.25) is 0 Å². The fourth-order valence-corrected chi connectivity index (χ4v) is 1.60. The third-order valence-electron chi connectivity index (χ3n) is 2.82. The number of benzene rings is 1. The summed E-state index contributed by atoms with van der Waals surface area (Å²) in [7, 11) is 1.52. The van der Waals surface area contributed by atoms with Gasteiger partial charge in [0.25, 0.3) is 5.91 Å². The number of nitrogens with two attached hydrogens (primary N) is 1. The number of nitrogens with one attached hydrogen (secondary N) is 1. The molecule has 0 bridgehead atoms. The number of amides is 2. The van der Waals surface area contributed by atoms with Crippen molar-refractivity contribution in [3.05, 3.63) is 35.4 Å². The molecule has 0 aliphatic heterocycles. The van der Waals surface area contributed by atoms with Crippen molar-refractivity contribution in [1.29, 1.82) is 0 Å². The van der Waals surface area contributed by atoms with Crippen LogP contribution in [0.1, 0.15) is 22.8 Å². The van der Waals surface area contributed by atoms with Crippen LogP contribution in [0.3, 0.4) is 0 Å². The van der Waals surface area contributed by atoms with Crippen LogP contribution >= 0.6 is 0 Å². The Morgan fingerprint density at radius 3 is 2.30 bits per heavy atom. The maximum Gasteiger partial charge on any atom is 0.254 e. The topological polar surface area (TPSA) is 108 Å². The standard InChI is InChI=1S/C13H18N4O3/c1-3-17(8-11(18)15-2)13(19)10-6-4-9(5-7-10)12(14)16-20/h4-7,20H,3,8H2,1-2H3,(H2,14,16)(H,15,18). The molecule has 0 spiro atoms. The van der Waals surface area contributed by atoms with Crippen LogP contribution in [-0.2, 0) is 4.79 Å². The van der Waals surface area contributed by atoms with Crippen LogP contribution in [0.15, 0.2) is 29.4 Å². The molecule has 1 rings (SSSR count). The quantitative estimate of drug-likeness (QED) is 0.304. The van der Waals surface area contributed by atoms with Gasteiger partial charge < -0.3 is 21.2 Å². The normalized spacial score (nSPS) is 11.0. The Balaban J connectivity index is 2.88. The van der Waals surface area contributed by atoms with E-state index in [0.29, 0.717) is 17.7 Å². The van der Waals surface area contributed by atoms with Crippen molar-refractivity contribution in [3.63, 3.8) is 0 Å². The highest BCUT2D eigenvalue weighted by atomic mass is 16.4. The Labute approximate surface area is 117 Å². The summed E-state index contributed by atoms with van der Waals surface area (Å²) in [5.74, 6) is -0.502. The lowest BCUT2D eigenvalue weighted by molar-refractivity contribution is -0.121. The van der Waals surface area contributed by atoms with E-state index in [9.17, 15) is 9.59 Å². The minimum atomic E-state index is -0.248. The zero-order valence-electron chi connectivity index (χ0n) is 11.5. The predicted octanol–water partition coefficient (Wildman–Crippen LogP) is -0.0108. The van der Waals surface area contributed by atoms with Crippen LogP contribution in [0, 0.1) is 0 Å². The monoisotopic (exact) mass is 278 g/mol. The highest BCUT2D eigenvalue weighted by Crippen LogP contribution is 2.08. The number of nitrogens with zero attached hydrogens (tertiary/aromatic N) is 2. The number of hydrogen-bond donors (Lipinski definition) is 3. The molecule has 0 heterocycles. The van der Waals surface area contributed by atoms with Gasteiger partial charge in [-0.3, -0.25) is 9.59 Å². The Bertz CT molecular complexity index is 511. The fourth-order valence-electron chi connectivity index (χ4n) is 1.60. The lowest BCUT2D eigenvalue weighted by atomic mass is 10.1. The van der Waals surface area contributed by atoms with E-state index < -0.39 is 0 Å². The molecular weight excluding hydrogens is 260 g/mol. The number of carbonyl (C=O) groups is 2. The smallest absolute Gasteiger partial charge is 0.254 e. The molecule has 0 aliphatic rings. The molecule has 0 radical (unpaired) electrons. The SMILES string of the molecule is CCN(CC(=O)NC)C(=O)c1ccc(C(N)=NO)cc1. The molecule has 2 amide bonds. The van der Waals surface area contributed by atoms with E-state index in [-0.39, 0.29) is 24.2 Å². The van der Waals surface area contributed by atoms with Crippen molar-refractivity contribution in [2.75, 3.05) is 20.1 Å². The second-order valence-corrected chi connectivity index (χ2v) is 4.06. The van der Waals surface area contributed by atoms with Crippen LogP contribution in [0.4, 0.5) is 0 Å². The fraction of sp³-hybridized carbons (Fsp3) is 0.308. The summed E-state index contributed by atoms with van der Waals surface area (Å²) in [6.45, 7) is 2.23. The van der Waals surface area contributed by atoms with Gasteiger partial charge in [-0.25, -0.2) is 0 Å². The molecule has 0 aromatic heterocycles. The van der Waals surface area contributed by atoms with Crippen molar-refractivity contribution >= 4 is 17.6 Å². The molecular formula is C13H18N4O3. The number of hydrogen-bond acceptors (Lipinski definition) is 4. The zero-order chi connectivity index (χ0) is 15.1. The Morgan fingerprint density at radius 1 is 1.30 bits per heavy atom. The summed E-state index contributed by atoms with van der Waals surface area (Å²) in [5.41, 5.74) is 6.39. The molecule has 1 aromatic carbocycles. The Kier molecular flexibility index (Phi) is 5.52. The lowest BCUT2D eigenvalue weighted by Crippen LogP contribution is -2.39. The molecule has 1 aromatic rings. The molecule has 108 valence electrons. The second-order valence-electron chi connectivity index (χ2n) is 4.06. The van der Waals surface area contributed by atoms with Gasteiger partial charge in [0.1, 0.15) is 0 Å². The summed E-state index contributed by atoms with van der Waals surface area (Å²) in [5, 5.41) is 13.9. The molecule has 0 aliphatic carbocycles. The van der Waals surface area contributed by atoms with Crippen molar-refractivity contribution in [2.45, 2.75) is 6.92 Å². The minimum absolute atomic E-state index is 0.00776. The third kappa shape index (κ3) is 3.71. The van der Waals surface area contributed by atoms with Crippen molar-refractivity contribution in [3.8, 4) is 0 Å². The van der Waals surface area contributed by atoms with Crippen LogP contribution < -0.4 is 11.1 Å². The number of oxime groups is 1. The Morgan fingerprint density at radius 2 is 1.85 bits per heavy atom. The van der Waals surface area contributed by atoms with Gasteiger partial charge in [-0.05, 0) is 19.1 Å². The van der Waals surface area contributed by atoms with Crippen molar-refractivity contribution in [2.24, 2.45) is 10.9 Å². The summed E-state index contributed by atoms with van der Waals surface area (Å²) in [6.07, 6.45) is 0. The average molecular weight is 278 g/mol. The minimum Gasteiger partial charge on any atom is -0.409 e. The molecule has 4 N–H and O–H groups in total. The molecule has 7 nitrogen and oxygen atoms in total. The largest absolute Gasteiger partial charge is 0.409 e. The Hall–Kier alpha value is -2.57. The van der Waals surface area contributed by atoms with Gasteiger partial charge in [-0.15, -0.1) is 0 Å². The van der Waals surface area contributed by atoms with Gasteiger partial charge in [0.15, 0.2) is 5.84 Å². The second kappa shape index (κ2) is 7.13. The highest BCUT2D eigenvalue weighted by molar-refractivity contribution is 6.00. The van der Waals surface area contributed by atoms with E-state index in [4.69, 9.17) is 10.9 Å². The van der Waals surface area contributed by atoms with Gasteiger partial charge in [0, 0.05) is 24.7 Å². The van der Waals surface area contributed by atoms with Crippen molar-refractivity contribution in [1.82, 2.24) is 10.2 Å². The lowest BCUT2D eigenvalue weighted by Gasteiger charge is -2.20. The highest BCUT2D eigenvalue weighted by Gasteiger charge is 2.16. The first-order valence-electron chi connectivity index (χ1n) is 6.11. The molecule has 0 atom stereocenters. The number of amidine groups is 1. The number of likely N-dealkylation sites (N-methyl/N-ethyl adjacent to an activating group) is 2. The number of carbonyl (C=O) groups excluding carboxylic acids is 2. The van der Waals surface area contributed by atoms with E-state index in [1.165, 1.54) is 11.9 Å². The molecule has 0 fully saturated rings. The maximum absolute atomic E-state index is 12.2. The van der Waals surface area contributed by atoms with Gasteiger partial charge >= 0.3 is 0 Å². The number of rotatable bonds is 5. The average Bonchev–Trinajstić information content (AvgIpc) is 2.50. The first kappa shape index (κ1) is 15.5. The first-order valence-corrected chi connectivity index (χ1v) is 6.11. The zero-order valence-corrected chi connectivity index (χ0v) is 11.5. The van der Waals surface area contributed by atoms with E-state index in [1.54, 1.807) is 31.2 Å². The van der Waals surface area contributed by atoms with E-state index in [2.05, 4.69) is 10.5 Å². The molecule has 7 heteroatoms. The van der Waals surface area contributed by atoms with Gasteiger partial charge in [0.05, 0.1) is 6.54 Å².